The van der Waals surface area contributed by atoms with E-state index < -0.39 is 30.3 Å². The van der Waals surface area contributed by atoms with Gasteiger partial charge in [0.05, 0.1) is 13.2 Å². The van der Waals surface area contributed by atoms with Crippen molar-refractivity contribution in [2.75, 3.05) is 13.2 Å². The van der Waals surface area contributed by atoms with Crippen molar-refractivity contribution < 1.29 is 24.8 Å². The Labute approximate surface area is 82.2 Å². The zero-order chi connectivity index (χ0) is 11.0. The van der Waals surface area contributed by atoms with Crippen LogP contribution in [-0.2, 0) is 9.47 Å². The molecule has 1 rings (SSSR count). The van der Waals surface area contributed by atoms with Gasteiger partial charge in [-0.05, 0) is 13.8 Å². The van der Waals surface area contributed by atoms with Gasteiger partial charge in [-0.15, -0.1) is 0 Å². The maximum absolute atomic E-state index is 9.57. The number of nitrogens with two attached hydrogens (primary N) is 1. The van der Waals surface area contributed by atoms with Crippen LogP contribution in [0.4, 0.5) is 0 Å². The van der Waals surface area contributed by atoms with Crippen molar-refractivity contribution in [3.63, 3.8) is 0 Å². The van der Waals surface area contributed by atoms with Crippen molar-refractivity contribution in [1.82, 2.24) is 0 Å². The normalized spacial score (nSPS) is 35.6. The molecule has 0 aliphatic carbocycles. The highest BCUT2D eigenvalue weighted by atomic mass is 16.8. The molecule has 3 atom stereocenters. The monoisotopic (exact) mass is 207 g/mol. The summed E-state index contributed by atoms with van der Waals surface area (Å²) in [6.07, 6.45) is -2.72. The summed E-state index contributed by atoms with van der Waals surface area (Å²) < 4.78 is 10.4. The largest absolute Gasteiger partial charge is 0.394 e. The van der Waals surface area contributed by atoms with Crippen molar-refractivity contribution in [1.29, 1.82) is 0 Å². The van der Waals surface area contributed by atoms with Crippen molar-refractivity contribution in [2.45, 2.75) is 37.6 Å². The summed E-state index contributed by atoms with van der Waals surface area (Å²) in [6, 6.07) is 0. The molecule has 0 aromatic carbocycles. The molecule has 1 aliphatic rings. The average Bonchev–Trinajstić information content (AvgIpc) is 2.39. The Kier molecular flexibility index (Phi) is 3.15. The topological polar surface area (TPSA) is 105 Å². The predicted octanol–water partition coefficient (Wildman–Crippen LogP) is -1.86. The van der Waals surface area contributed by atoms with Crippen molar-refractivity contribution in [3.05, 3.63) is 0 Å². The van der Waals surface area contributed by atoms with Crippen LogP contribution in [0.25, 0.3) is 0 Å². The maximum Gasteiger partial charge on any atom is 0.172 e. The third kappa shape index (κ3) is 2.22. The lowest BCUT2D eigenvalue weighted by Gasteiger charge is -2.31. The molecule has 6 nitrogen and oxygen atoms in total. The van der Waals surface area contributed by atoms with Gasteiger partial charge in [0, 0.05) is 0 Å². The molecule has 6 heteroatoms. The van der Waals surface area contributed by atoms with E-state index in [1.807, 2.05) is 0 Å². The van der Waals surface area contributed by atoms with Crippen LogP contribution in [-0.4, -0.2) is 52.3 Å². The number of aliphatic hydroxyl groups excluding tert-OH is 3. The van der Waals surface area contributed by atoms with Crippen LogP contribution in [0.15, 0.2) is 0 Å². The summed E-state index contributed by atoms with van der Waals surface area (Å²) in [5, 5.41) is 27.4. The van der Waals surface area contributed by atoms with Gasteiger partial charge in [0.2, 0.25) is 0 Å². The molecule has 0 radical (unpaired) electrons. The molecule has 0 bridgehead atoms. The molecule has 0 aromatic rings. The lowest BCUT2D eigenvalue weighted by molar-refractivity contribution is -0.199. The Morgan fingerprint density at radius 1 is 1.43 bits per heavy atom. The zero-order valence-electron chi connectivity index (χ0n) is 8.30. The van der Waals surface area contributed by atoms with Crippen LogP contribution in [0.5, 0.6) is 0 Å². The Morgan fingerprint density at radius 2 is 2.00 bits per heavy atom. The van der Waals surface area contributed by atoms with E-state index in [9.17, 15) is 10.2 Å². The molecule has 1 saturated heterocycles. The fourth-order valence-corrected chi connectivity index (χ4v) is 1.37. The highest BCUT2D eigenvalue weighted by Gasteiger charge is 2.49. The first kappa shape index (κ1) is 11.8. The Morgan fingerprint density at radius 3 is 2.36 bits per heavy atom. The van der Waals surface area contributed by atoms with Crippen LogP contribution in [0.3, 0.4) is 0 Å². The van der Waals surface area contributed by atoms with Crippen LogP contribution >= 0.6 is 0 Å². The van der Waals surface area contributed by atoms with Gasteiger partial charge in [0.1, 0.15) is 12.2 Å². The smallest absolute Gasteiger partial charge is 0.172 e. The summed E-state index contributed by atoms with van der Waals surface area (Å²) in [4.78, 5) is 0. The van der Waals surface area contributed by atoms with Gasteiger partial charge in [0.25, 0.3) is 0 Å². The molecule has 0 spiro atoms. The quantitative estimate of drug-likeness (QED) is 0.432. The van der Waals surface area contributed by atoms with Crippen molar-refractivity contribution >= 4 is 0 Å². The fourth-order valence-electron chi connectivity index (χ4n) is 1.37. The standard InChI is InChI=1S/C8H17NO5/c1-7(2)13-4-8(9,14-7)6(12)5(11)3-10/h5-6,10-12H,3-4,9H2,1-2H3. The van der Waals surface area contributed by atoms with Gasteiger partial charge in [-0.25, -0.2) is 0 Å². The molecule has 3 unspecified atom stereocenters. The Hall–Kier alpha value is -0.240. The van der Waals surface area contributed by atoms with Crippen LogP contribution in [0, 0.1) is 0 Å². The van der Waals surface area contributed by atoms with E-state index in [0.29, 0.717) is 0 Å². The van der Waals surface area contributed by atoms with E-state index in [4.69, 9.17) is 20.3 Å². The van der Waals surface area contributed by atoms with Gasteiger partial charge in [0.15, 0.2) is 11.5 Å². The summed E-state index contributed by atoms with van der Waals surface area (Å²) in [6.45, 7) is 2.70. The summed E-state index contributed by atoms with van der Waals surface area (Å²) in [5.74, 6) is -0.884. The van der Waals surface area contributed by atoms with E-state index in [1.54, 1.807) is 13.8 Å². The van der Waals surface area contributed by atoms with E-state index in [-0.39, 0.29) is 6.61 Å². The fraction of sp³-hybridized carbons (Fsp3) is 1.00. The molecule has 1 heterocycles. The van der Waals surface area contributed by atoms with E-state index in [1.165, 1.54) is 0 Å². The first-order chi connectivity index (χ1) is 6.31. The van der Waals surface area contributed by atoms with Gasteiger partial charge in [-0.1, -0.05) is 0 Å². The maximum atomic E-state index is 9.57. The third-order valence-corrected chi connectivity index (χ3v) is 2.13. The molecule has 5 N–H and O–H groups in total. The second-order valence-electron chi connectivity index (χ2n) is 3.94. The number of aliphatic hydroxyl groups is 3. The van der Waals surface area contributed by atoms with Gasteiger partial charge < -0.3 is 24.8 Å². The Bertz CT molecular complexity index is 210. The van der Waals surface area contributed by atoms with Gasteiger partial charge in [-0.2, -0.15) is 0 Å². The summed E-state index contributed by atoms with van der Waals surface area (Å²) in [7, 11) is 0. The molecular weight excluding hydrogens is 190 g/mol. The second kappa shape index (κ2) is 3.73. The third-order valence-electron chi connectivity index (χ3n) is 2.13. The highest BCUT2D eigenvalue weighted by molar-refractivity contribution is 4.92. The summed E-state index contributed by atoms with van der Waals surface area (Å²) >= 11 is 0. The number of ether oxygens (including phenoxy) is 2. The van der Waals surface area contributed by atoms with Gasteiger partial charge >= 0.3 is 0 Å². The predicted molar refractivity (Wildman–Crippen MR) is 47.1 cm³/mol. The second-order valence-corrected chi connectivity index (χ2v) is 3.94. The number of hydrogen-bond acceptors (Lipinski definition) is 6. The molecule has 84 valence electrons. The first-order valence-corrected chi connectivity index (χ1v) is 4.41. The average molecular weight is 207 g/mol. The van der Waals surface area contributed by atoms with Crippen LogP contribution in [0.1, 0.15) is 13.8 Å². The summed E-state index contributed by atoms with van der Waals surface area (Å²) in [5.41, 5.74) is 4.22. The lowest BCUT2D eigenvalue weighted by Crippen LogP contribution is -2.59. The van der Waals surface area contributed by atoms with Crippen molar-refractivity contribution in [3.8, 4) is 0 Å². The molecular formula is C8H17NO5. The molecule has 1 fully saturated rings. The SMILES string of the molecule is CC1(C)OCC(N)(C(O)C(O)CO)O1. The number of hydrogen-bond donors (Lipinski definition) is 4. The molecule has 0 aromatic heterocycles. The zero-order valence-corrected chi connectivity index (χ0v) is 8.30. The Balaban J connectivity index is 2.68. The van der Waals surface area contributed by atoms with E-state index in [0.717, 1.165) is 0 Å². The minimum Gasteiger partial charge on any atom is -0.394 e. The lowest BCUT2D eigenvalue weighted by atomic mass is 10.0. The molecule has 1 aliphatic heterocycles. The molecule has 14 heavy (non-hydrogen) atoms. The molecule has 0 saturated carbocycles. The van der Waals surface area contributed by atoms with E-state index >= 15 is 0 Å². The van der Waals surface area contributed by atoms with Gasteiger partial charge in [-0.3, -0.25) is 5.73 Å². The highest BCUT2D eigenvalue weighted by Crippen LogP contribution is 2.30. The minimum atomic E-state index is -1.47. The van der Waals surface area contributed by atoms with Crippen molar-refractivity contribution in [2.24, 2.45) is 5.73 Å². The number of rotatable bonds is 3. The van der Waals surface area contributed by atoms with Crippen LogP contribution in [0.2, 0.25) is 0 Å². The van der Waals surface area contributed by atoms with Crippen LogP contribution < -0.4 is 5.73 Å². The molecule has 0 amide bonds. The van der Waals surface area contributed by atoms with E-state index in [2.05, 4.69) is 0 Å². The minimum absolute atomic E-state index is 0.0295. The first-order valence-electron chi connectivity index (χ1n) is 4.41.